The molecule has 0 fully saturated rings. The standard InChI is InChI=1S/2C13H15.2C6H5.Si.Zr/c2*1-9(2)12-6-4-5-11-7-10(3)8-13(11)12;2*1-2-4-6-5-3-1;;/h2*4-9H,1-3H3;2*1-5H;;/q4*-1;;. The largest absolute Gasteiger partial charge is 0.184 e. The number of hydrogen-bond donors (Lipinski definition) is 0. The summed E-state index contributed by atoms with van der Waals surface area (Å²) in [5.41, 5.74) is 5.66. The Bertz CT molecular complexity index is 1320. The molecule has 0 bridgehead atoms. The van der Waals surface area contributed by atoms with E-state index >= 15 is 0 Å². The van der Waals surface area contributed by atoms with E-state index in [9.17, 15) is 0 Å². The van der Waals surface area contributed by atoms with Crippen LogP contribution in [0.25, 0.3) is 21.5 Å². The zero-order valence-corrected chi connectivity index (χ0v) is 28.2. The van der Waals surface area contributed by atoms with E-state index in [1.54, 1.807) is 0 Å². The van der Waals surface area contributed by atoms with Crippen LogP contribution < -0.4 is 0 Å². The summed E-state index contributed by atoms with van der Waals surface area (Å²) < 4.78 is 0. The maximum absolute atomic E-state index is 3.06. The molecular weight excluding hydrogens is 576 g/mol. The van der Waals surface area contributed by atoms with Crippen LogP contribution in [0.3, 0.4) is 0 Å². The maximum Gasteiger partial charge on any atom is -0.171 e. The van der Waals surface area contributed by atoms with Crippen molar-refractivity contribution in [3.8, 4) is 0 Å². The van der Waals surface area contributed by atoms with Gasteiger partial charge in [0.1, 0.15) is 0 Å². The van der Waals surface area contributed by atoms with E-state index in [4.69, 9.17) is 0 Å². The second-order valence-electron chi connectivity index (χ2n) is 10.2. The molecule has 6 rings (SSSR count). The molecule has 6 aromatic carbocycles. The Morgan fingerprint density at radius 2 is 0.900 bits per heavy atom. The quantitative estimate of drug-likeness (QED) is 0.134. The van der Waals surface area contributed by atoms with Gasteiger partial charge in [-0.1, -0.05) is 64.8 Å². The summed E-state index contributed by atoms with van der Waals surface area (Å²) in [6.07, 6.45) is 0. The first kappa shape index (κ1) is 33.4. The van der Waals surface area contributed by atoms with Crippen LogP contribution in [0.2, 0.25) is 0 Å². The third kappa shape index (κ3) is 11.0. The van der Waals surface area contributed by atoms with Crippen LogP contribution in [-0.2, 0) is 23.3 Å². The summed E-state index contributed by atoms with van der Waals surface area (Å²) >= 11 is 1.36. The van der Waals surface area contributed by atoms with Crippen molar-refractivity contribution in [2.75, 3.05) is 0 Å². The third-order valence-electron chi connectivity index (χ3n) is 6.32. The molecule has 0 aromatic heterocycles. The van der Waals surface area contributed by atoms with Gasteiger partial charge in [-0.15, -0.1) is 69.1 Å². The Morgan fingerprint density at radius 3 is 1.15 bits per heavy atom. The van der Waals surface area contributed by atoms with Crippen LogP contribution in [0.1, 0.15) is 61.8 Å². The van der Waals surface area contributed by atoms with Crippen molar-refractivity contribution in [1.82, 2.24) is 0 Å². The molecule has 0 saturated carbocycles. The van der Waals surface area contributed by atoms with Crippen molar-refractivity contribution in [2.45, 2.75) is 53.4 Å². The van der Waals surface area contributed by atoms with Gasteiger partial charge in [0, 0.05) is 0 Å². The number of aryl methyl sites for hydroxylation is 2. The van der Waals surface area contributed by atoms with E-state index in [0.717, 1.165) is 0 Å². The first-order valence-electron chi connectivity index (χ1n) is 13.8. The van der Waals surface area contributed by atoms with Crippen molar-refractivity contribution in [3.05, 3.63) is 156 Å². The molecule has 2 heteroatoms. The van der Waals surface area contributed by atoms with E-state index in [1.807, 2.05) is 60.7 Å². The Kier molecular flexibility index (Phi) is 15.5. The molecule has 0 spiro atoms. The number of rotatable bonds is 2. The van der Waals surface area contributed by atoms with Crippen molar-refractivity contribution < 1.29 is 23.3 Å². The molecule has 0 nitrogen and oxygen atoms in total. The molecule has 0 unspecified atom stereocenters. The van der Waals surface area contributed by atoms with Gasteiger partial charge in [0.05, 0.1) is 0 Å². The minimum atomic E-state index is 0.616. The minimum absolute atomic E-state index is 0.616. The molecule has 6 aromatic rings. The summed E-state index contributed by atoms with van der Waals surface area (Å²) in [7, 11) is 0. The average molecular weight is 616 g/mol. The first-order chi connectivity index (χ1) is 19.4. The summed E-state index contributed by atoms with van der Waals surface area (Å²) in [6.45, 7) is 16.4. The summed E-state index contributed by atoms with van der Waals surface area (Å²) in [5.74, 6) is 1.23. The SMILES string of the molecule is Cc1cc2c(C(C)C)cccc2[cH-]1.Cc1cc2c(C(C)C)cccc2[cH-]1.[Si]=[Zr].[c-]1ccccc1.[c-]1ccccc1. The molecule has 0 aliphatic heterocycles. The van der Waals surface area contributed by atoms with Crippen LogP contribution in [-0.4, -0.2) is 6.88 Å². The molecule has 2 radical (unpaired) electrons. The van der Waals surface area contributed by atoms with E-state index in [-0.39, 0.29) is 0 Å². The number of fused-ring (bicyclic) bond motifs is 2. The Labute approximate surface area is 259 Å². The predicted octanol–water partition coefficient (Wildman–Crippen LogP) is 10.6. The molecule has 0 amide bonds. The predicted molar refractivity (Wildman–Crippen MR) is 173 cm³/mol. The van der Waals surface area contributed by atoms with Gasteiger partial charge in [0.25, 0.3) is 0 Å². The van der Waals surface area contributed by atoms with E-state index in [2.05, 4.69) is 121 Å². The maximum atomic E-state index is 3.06. The van der Waals surface area contributed by atoms with Gasteiger partial charge in [-0.3, -0.25) is 0 Å². The van der Waals surface area contributed by atoms with Crippen LogP contribution in [0.15, 0.2) is 121 Å². The van der Waals surface area contributed by atoms with E-state index in [0.29, 0.717) is 11.8 Å². The Morgan fingerprint density at radius 1 is 0.550 bits per heavy atom. The summed E-state index contributed by atoms with van der Waals surface area (Å²) in [6, 6.07) is 47.2. The van der Waals surface area contributed by atoms with Crippen LogP contribution >= 0.6 is 0 Å². The molecule has 0 N–H and O–H groups in total. The molecular formula is C38H40SiZr-4. The molecule has 0 aliphatic rings. The van der Waals surface area contributed by atoms with E-state index in [1.165, 1.54) is 67.1 Å². The molecule has 0 aliphatic carbocycles. The van der Waals surface area contributed by atoms with Crippen molar-refractivity contribution >= 4 is 28.4 Å². The van der Waals surface area contributed by atoms with Crippen LogP contribution in [0.4, 0.5) is 0 Å². The Hall–Kier alpha value is -2.80. The molecule has 0 saturated heterocycles. The van der Waals surface area contributed by atoms with Gasteiger partial charge in [-0.25, -0.2) is 0 Å². The van der Waals surface area contributed by atoms with Crippen molar-refractivity contribution in [2.24, 2.45) is 0 Å². The molecule has 0 atom stereocenters. The monoisotopic (exact) mass is 614 g/mol. The molecule has 0 heterocycles. The summed E-state index contributed by atoms with van der Waals surface area (Å²) in [5, 5.41) is 5.61. The average Bonchev–Trinajstić information content (AvgIpc) is 3.57. The van der Waals surface area contributed by atoms with Gasteiger partial charge >= 0.3 is 30.2 Å². The zero-order chi connectivity index (χ0) is 29.3. The fourth-order valence-corrected chi connectivity index (χ4v) is 4.51. The zero-order valence-electron chi connectivity index (χ0n) is 24.7. The second kappa shape index (κ2) is 18.5. The second-order valence-corrected chi connectivity index (χ2v) is 10.2. The Balaban J connectivity index is 0.000000194. The first-order valence-corrected chi connectivity index (χ1v) is 17.9. The smallest absolute Gasteiger partial charge is 0.171 e. The fraction of sp³-hybridized carbons (Fsp3) is 0.211. The van der Waals surface area contributed by atoms with Crippen LogP contribution in [0, 0.1) is 26.0 Å². The fourth-order valence-electron chi connectivity index (χ4n) is 4.51. The molecule has 204 valence electrons. The number of benzene rings is 4. The third-order valence-corrected chi connectivity index (χ3v) is 6.32. The van der Waals surface area contributed by atoms with Gasteiger partial charge in [-0.2, -0.15) is 84.9 Å². The van der Waals surface area contributed by atoms with Gasteiger partial charge in [0.2, 0.25) is 0 Å². The van der Waals surface area contributed by atoms with Gasteiger partial charge in [-0.05, 0) is 11.8 Å². The normalized spacial score (nSPS) is 9.88. The van der Waals surface area contributed by atoms with Gasteiger partial charge < -0.3 is 0 Å². The summed E-state index contributed by atoms with van der Waals surface area (Å²) in [4.78, 5) is 0. The van der Waals surface area contributed by atoms with E-state index < -0.39 is 0 Å². The van der Waals surface area contributed by atoms with Gasteiger partial charge in [0.15, 0.2) is 0 Å². The minimum Gasteiger partial charge on any atom is -0.184 e. The van der Waals surface area contributed by atoms with Crippen LogP contribution in [0.5, 0.6) is 0 Å². The number of hydrogen-bond acceptors (Lipinski definition) is 0. The topological polar surface area (TPSA) is 0 Å². The van der Waals surface area contributed by atoms with Crippen molar-refractivity contribution in [1.29, 1.82) is 0 Å². The van der Waals surface area contributed by atoms with Crippen molar-refractivity contribution in [3.63, 3.8) is 0 Å². The molecule has 40 heavy (non-hydrogen) atoms.